The van der Waals surface area contributed by atoms with E-state index in [1.54, 1.807) is 44.2 Å². The Morgan fingerprint density at radius 2 is 1.67 bits per heavy atom. The molecule has 1 saturated heterocycles. The highest BCUT2D eigenvalue weighted by atomic mass is 16.6. The fourth-order valence-corrected chi connectivity index (χ4v) is 8.36. The van der Waals surface area contributed by atoms with Gasteiger partial charge in [0.2, 0.25) is 0 Å². The van der Waals surface area contributed by atoms with Gasteiger partial charge in [0, 0.05) is 25.7 Å². The highest BCUT2D eigenvalue weighted by molar-refractivity contribution is 5.89. The first-order valence-electron chi connectivity index (χ1n) is 14.2. The topological polar surface area (TPSA) is 169 Å². The van der Waals surface area contributed by atoms with E-state index in [0.717, 1.165) is 0 Å². The molecule has 1 aliphatic heterocycles. The predicted molar refractivity (Wildman–Crippen MR) is 146 cm³/mol. The summed E-state index contributed by atoms with van der Waals surface area (Å²) in [6.45, 7) is 8.50. The molecule has 0 radical (unpaired) electrons. The highest BCUT2D eigenvalue weighted by Gasteiger charge is 2.79. The molecule has 11 heteroatoms. The van der Waals surface area contributed by atoms with Gasteiger partial charge in [-0.1, -0.05) is 25.1 Å². The normalized spacial score (nSPS) is 41.0. The molecule has 230 valence electrons. The van der Waals surface area contributed by atoms with E-state index in [9.17, 15) is 34.8 Å². The van der Waals surface area contributed by atoms with Gasteiger partial charge in [0.25, 0.3) is 0 Å². The van der Waals surface area contributed by atoms with E-state index in [4.69, 9.17) is 18.9 Å². The van der Waals surface area contributed by atoms with E-state index < -0.39 is 82.5 Å². The van der Waals surface area contributed by atoms with Crippen molar-refractivity contribution in [3.8, 4) is 0 Å². The molecule has 1 heterocycles. The fraction of sp³-hybridized carbons (Fsp3) is 0.645. The maximum atomic E-state index is 13.8. The van der Waals surface area contributed by atoms with Gasteiger partial charge in [-0.3, -0.25) is 9.59 Å². The Kier molecular flexibility index (Phi) is 7.38. The third-order valence-electron chi connectivity index (χ3n) is 10.3. The van der Waals surface area contributed by atoms with Crippen LogP contribution >= 0.6 is 0 Å². The van der Waals surface area contributed by atoms with E-state index in [-0.39, 0.29) is 30.6 Å². The number of benzene rings is 1. The molecule has 3 fully saturated rings. The molecule has 42 heavy (non-hydrogen) atoms. The van der Waals surface area contributed by atoms with E-state index in [1.807, 2.05) is 0 Å². The van der Waals surface area contributed by atoms with Crippen molar-refractivity contribution in [3.63, 3.8) is 0 Å². The van der Waals surface area contributed by atoms with Crippen LogP contribution in [0.25, 0.3) is 0 Å². The molecule has 5 rings (SSSR count). The lowest BCUT2D eigenvalue weighted by molar-refractivity contribution is -0.351. The van der Waals surface area contributed by atoms with Gasteiger partial charge in [-0.2, -0.15) is 0 Å². The van der Waals surface area contributed by atoms with Gasteiger partial charge in [-0.25, -0.2) is 4.79 Å². The zero-order valence-electron chi connectivity index (χ0n) is 24.7. The van der Waals surface area contributed by atoms with Crippen LogP contribution in [0.5, 0.6) is 0 Å². The summed E-state index contributed by atoms with van der Waals surface area (Å²) in [5, 5.41) is 47.3. The van der Waals surface area contributed by atoms with Crippen molar-refractivity contribution in [2.45, 2.75) is 102 Å². The number of hydrogen-bond donors (Lipinski definition) is 4. The number of aliphatic hydroxyl groups excluding tert-OH is 3. The number of ether oxygens (including phenoxy) is 4. The Balaban J connectivity index is 1.85. The van der Waals surface area contributed by atoms with Crippen LogP contribution in [-0.2, 0) is 28.5 Å². The molecule has 4 aliphatic rings. The molecule has 1 aromatic carbocycles. The molecule has 0 spiro atoms. The Bertz CT molecular complexity index is 1300. The quantitative estimate of drug-likeness (QED) is 0.223. The van der Waals surface area contributed by atoms with E-state index in [1.165, 1.54) is 27.7 Å². The van der Waals surface area contributed by atoms with Gasteiger partial charge in [0.05, 0.1) is 41.3 Å². The molecule has 1 unspecified atom stereocenters. The van der Waals surface area contributed by atoms with Gasteiger partial charge < -0.3 is 39.4 Å². The van der Waals surface area contributed by atoms with Crippen LogP contribution in [0.1, 0.15) is 64.7 Å². The number of fused-ring (bicyclic) bond motifs is 4. The van der Waals surface area contributed by atoms with Gasteiger partial charge in [0.1, 0.15) is 24.4 Å². The molecule has 11 nitrogen and oxygen atoms in total. The summed E-state index contributed by atoms with van der Waals surface area (Å²) < 4.78 is 24.1. The molecule has 10 atom stereocenters. The van der Waals surface area contributed by atoms with Crippen molar-refractivity contribution in [1.82, 2.24) is 0 Å². The first-order chi connectivity index (χ1) is 19.5. The molecular formula is C31H40O11. The van der Waals surface area contributed by atoms with Crippen molar-refractivity contribution in [1.29, 1.82) is 0 Å². The Hall–Kier alpha value is -2.83. The second-order valence-corrected chi connectivity index (χ2v) is 13.0. The molecular weight excluding hydrogens is 548 g/mol. The second kappa shape index (κ2) is 10.1. The minimum Gasteiger partial charge on any atom is -0.462 e. The molecule has 4 N–H and O–H groups in total. The monoisotopic (exact) mass is 588 g/mol. The maximum Gasteiger partial charge on any atom is 0.338 e. The van der Waals surface area contributed by atoms with Crippen molar-refractivity contribution in [2.24, 2.45) is 16.7 Å². The Morgan fingerprint density at radius 3 is 2.19 bits per heavy atom. The van der Waals surface area contributed by atoms with Gasteiger partial charge >= 0.3 is 17.9 Å². The number of carbonyl (C=O) groups excluding carboxylic acids is 3. The van der Waals surface area contributed by atoms with Gasteiger partial charge in [-0.05, 0) is 50.5 Å². The van der Waals surface area contributed by atoms with Gasteiger partial charge in [-0.15, -0.1) is 0 Å². The van der Waals surface area contributed by atoms with Crippen molar-refractivity contribution in [3.05, 3.63) is 47.0 Å². The average molecular weight is 589 g/mol. The van der Waals surface area contributed by atoms with Crippen LogP contribution in [0.4, 0.5) is 0 Å². The molecule has 3 aliphatic carbocycles. The smallest absolute Gasteiger partial charge is 0.338 e. The summed E-state index contributed by atoms with van der Waals surface area (Å²) in [5.41, 5.74) is -5.87. The number of hydrogen-bond acceptors (Lipinski definition) is 11. The lowest BCUT2D eigenvalue weighted by atomic mass is 9.49. The molecule has 0 bridgehead atoms. The average Bonchev–Trinajstić information content (AvgIpc) is 3.15. The second-order valence-electron chi connectivity index (χ2n) is 13.0. The minimum absolute atomic E-state index is 0.0269. The SMILES string of the molecule is CC(=O)O[C@H]1C[C@H]2OC[C@@]2(OC(C)=O)[C@H]2[C@H](OC(=O)c3ccccc3)[C@]3(C(C)(C)O)C[C@H](O)C(C)=C3[C@@H](O)[C@H](O)C12C. The van der Waals surface area contributed by atoms with Crippen LogP contribution in [0.15, 0.2) is 41.5 Å². The van der Waals surface area contributed by atoms with Crippen LogP contribution in [0.3, 0.4) is 0 Å². The van der Waals surface area contributed by atoms with Crippen LogP contribution < -0.4 is 0 Å². The summed E-state index contributed by atoms with van der Waals surface area (Å²) in [7, 11) is 0. The number of rotatable bonds is 5. The minimum atomic E-state index is -1.76. The summed E-state index contributed by atoms with van der Waals surface area (Å²) in [6.07, 6.45) is -7.93. The summed E-state index contributed by atoms with van der Waals surface area (Å²) in [4.78, 5) is 38.9. The van der Waals surface area contributed by atoms with Crippen LogP contribution in [0, 0.1) is 16.7 Å². The molecule has 0 amide bonds. The first kappa shape index (κ1) is 30.6. The zero-order valence-corrected chi connectivity index (χ0v) is 24.7. The lowest BCUT2D eigenvalue weighted by Gasteiger charge is -2.65. The third-order valence-corrected chi connectivity index (χ3v) is 10.3. The van der Waals surface area contributed by atoms with E-state index >= 15 is 0 Å². The molecule has 0 aromatic heterocycles. The van der Waals surface area contributed by atoms with Gasteiger partial charge in [0.15, 0.2) is 5.60 Å². The molecule has 1 aromatic rings. The van der Waals surface area contributed by atoms with Crippen molar-refractivity contribution >= 4 is 17.9 Å². The van der Waals surface area contributed by atoms with Crippen molar-refractivity contribution in [2.75, 3.05) is 6.61 Å². The van der Waals surface area contributed by atoms with Crippen molar-refractivity contribution < 1.29 is 53.8 Å². The van der Waals surface area contributed by atoms with E-state index in [2.05, 4.69) is 0 Å². The predicted octanol–water partition coefficient (Wildman–Crippen LogP) is 1.44. The summed E-state index contributed by atoms with van der Waals surface area (Å²) in [6, 6.07) is 8.18. The standard InChI is InChI=1S/C31H40O11/c1-15-19(34)13-30(28(4,5)38)22(15)23(35)25(36)29(6)20(40-16(2)32)12-21-31(14-39-21,42-17(3)33)24(29)26(30)41-27(37)18-10-8-7-9-11-18/h7-11,19-21,23-26,34-36,38H,12-14H2,1-6H3/t19-,20-,21+,23+,24-,25-,26-,29?,30-,31-/m0/s1. The Morgan fingerprint density at radius 1 is 1.02 bits per heavy atom. The third kappa shape index (κ3) is 4.16. The number of carbonyl (C=O) groups is 3. The molecule has 2 saturated carbocycles. The number of esters is 3. The lowest BCUT2D eigenvalue weighted by Crippen LogP contribution is -2.79. The Labute approximate surface area is 244 Å². The first-order valence-corrected chi connectivity index (χ1v) is 14.2. The highest BCUT2D eigenvalue weighted by Crippen LogP contribution is 2.68. The number of aliphatic hydroxyl groups is 4. The van der Waals surface area contributed by atoms with Crippen LogP contribution in [-0.4, -0.2) is 92.8 Å². The summed E-state index contributed by atoms with van der Waals surface area (Å²) >= 11 is 0. The van der Waals surface area contributed by atoms with Crippen LogP contribution in [0.2, 0.25) is 0 Å². The summed E-state index contributed by atoms with van der Waals surface area (Å²) in [5.74, 6) is -3.24. The maximum absolute atomic E-state index is 13.8. The zero-order chi connectivity index (χ0) is 31.0. The largest absolute Gasteiger partial charge is 0.462 e. The fourth-order valence-electron chi connectivity index (χ4n) is 8.36. The van der Waals surface area contributed by atoms with E-state index in [0.29, 0.717) is 5.57 Å².